The van der Waals surface area contributed by atoms with Crippen LogP contribution in [0.1, 0.15) is 69.4 Å². The molecule has 158 valence electrons. The van der Waals surface area contributed by atoms with Gasteiger partial charge in [0, 0.05) is 16.3 Å². The largest absolute Gasteiger partial charge is 0.221 e. The van der Waals surface area contributed by atoms with Gasteiger partial charge in [-0.2, -0.15) is 4.57 Å². The average Bonchev–Trinajstić information content (AvgIpc) is 2.81. The standard InChI is InChI=1S/C30H34N/c1-2-3-4-5-6-7-8-9-14-23-19-28-26-17-12-10-15-24(26)21-31-22-25-16-11-13-18-27(25)29(20-23)30(28)31/h10-13,15-21H,2-9,14,22H2,1H3/q+1. The molecule has 3 aromatic carbocycles. The molecule has 1 heteroatoms. The molecule has 0 bridgehead atoms. The predicted molar refractivity (Wildman–Crippen MR) is 133 cm³/mol. The highest BCUT2D eigenvalue weighted by atomic mass is 15.0. The number of fused-ring (bicyclic) bond motifs is 4. The van der Waals surface area contributed by atoms with Gasteiger partial charge in [-0.1, -0.05) is 94.3 Å². The van der Waals surface area contributed by atoms with E-state index in [2.05, 4.69) is 78.4 Å². The Morgan fingerprint density at radius 2 is 1.45 bits per heavy atom. The van der Waals surface area contributed by atoms with Crippen LogP contribution in [-0.2, 0) is 13.0 Å². The molecule has 0 amide bonds. The Morgan fingerprint density at radius 3 is 2.32 bits per heavy atom. The lowest BCUT2D eigenvalue weighted by atomic mass is 9.89. The Labute approximate surface area is 186 Å². The van der Waals surface area contributed by atoms with E-state index in [0.29, 0.717) is 0 Å². The lowest BCUT2D eigenvalue weighted by Crippen LogP contribution is -2.37. The van der Waals surface area contributed by atoms with Gasteiger partial charge >= 0.3 is 0 Å². The molecule has 0 aliphatic carbocycles. The normalized spacial score (nSPS) is 12.4. The van der Waals surface area contributed by atoms with Crippen LogP contribution in [0.3, 0.4) is 0 Å². The van der Waals surface area contributed by atoms with Crippen LogP contribution in [0.15, 0.2) is 66.9 Å². The highest BCUT2D eigenvalue weighted by Crippen LogP contribution is 2.36. The summed E-state index contributed by atoms with van der Waals surface area (Å²) in [6, 6.07) is 22.8. The highest BCUT2D eigenvalue weighted by molar-refractivity contribution is 6.08. The summed E-state index contributed by atoms with van der Waals surface area (Å²) < 4.78 is 2.47. The quantitative estimate of drug-likeness (QED) is 0.132. The molecular weight excluding hydrogens is 374 g/mol. The van der Waals surface area contributed by atoms with Crippen molar-refractivity contribution in [1.29, 1.82) is 0 Å². The molecule has 1 nitrogen and oxygen atoms in total. The lowest BCUT2D eigenvalue weighted by Gasteiger charge is -2.18. The van der Waals surface area contributed by atoms with E-state index in [1.807, 2.05) is 0 Å². The number of hydrogen-bond donors (Lipinski definition) is 0. The van der Waals surface area contributed by atoms with E-state index in [1.54, 1.807) is 0 Å². The van der Waals surface area contributed by atoms with Gasteiger partial charge in [-0.05, 0) is 42.2 Å². The fraction of sp³-hybridized carbons (Fsp3) is 0.367. The summed E-state index contributed by atoms with van der Waals surface area (Å²) in [4.78, 5) is 0. The van der Waals surface area contributed by atoms with E-state index in [0.717, 1.165) is 6.54 Å². The average molecular weight is 409 g/mol. The second-order valence-electron chi connectivity index (χ2n) is 9.27. The van der Waals surface area contributed by atoms with E-state index in [4.69, 9.17) is 0 Å². The Bertz CT molecular complexity index is 1200. The van der Waals surface area contributed by atoms with Crippen molar-refractivity contribution in [2.45, 2.75) is 71.3 Å². The number of aromatic nitrogens is 1. The first kappa shape index (κ1) is 20.2. The van der Waals surface area contributed by atoms with Crippen LogP contribution in [0.5, 0.6) is 0 Å². The van der Waals surface area contributed by atoms with Crippen LogP contribution in [0.25, 0.3) is 32.8 Å². The van der Waals surface area contributed by atoms with E-state index >= 15 is 0 Å². The van der Waals surface area contributed by atoms with Crippen molar-refractivity contribution in [1.82, 2.24) is 0 Å². The SMILES string of the molecule is CCCCCCCCCCc1cc2c3c(c1)c1ccccc1c[n+]3Cc1ccccc1-2. The zero-order chi connectivity index (χ0) is 21.0. The molecule has 1 aromatic heterocycles. The minimum Gasteiger partial charge on any atom is -0.193 e. The number of unbranched alkanes of at least 4 members (excludes halogenated alkanes) is 7. The first-order valence-corrected chi connectivity index (χ1v) is 12.3. The maximum atomic E-state index is 2.48. The number of hydrogen-bond acceptors (Lipinski definition) is 0. The van der Waals surface area contributed by atoms with Gasteiger partial charge in [0.05, 0.1) is 10.9 Å². The molecule has 0 atom stereocenters. The smallest absolute Gasteiger partial charge is 0.193 e. The van der Waals surface area contributed by atoms with Crippen LogP contribution < -0.4 is 4.57 Å². The molecule has 2 heterocycles. The number of nitrogens with zero attached hydrogens (tertiary/aromatic N) is 1. The third kappa shape index (κ3) is 4.11. The third-order valence-corrected chi connectivity index (χ3v) is 6.97. The number of aryl methyl sites for hydroxylation is 1. The van der Waals surface area contributed by atoms with E-state index in [1.165, 1.54) is 102 Å². The molecule has 0 unspecified atom stereocenters. The van der Waals surface area contributed by atoms with Crippen molar-refractivity contribution in [2.75, 3.05) is 0 Å². The summed E-state index contributed by atoms with van der Waals surface area (Å²) in [5, 5.41) is 4.14. The van der Waals surface area contributed by atoms with Gasteiger partial charge in [0.2, 0.25) is 5.52 Å². The van der Waals surface area contributed by atoms with Crippen molar-refractivity contribution in [3.8, 4) is 11.1 Å². The fourth-order valence-corrected chi connectivity index (χ4v) is 5.34. The van der Waals surface area contributed by atoms with Crippen LogP contribution in [0.2, 0.25) is 0 Å². The molecule has 4 aromatic rings. The number of rotatable bonds is 9. The minimum absolute atomic E-state index is 0.960. The molecule has 0 saturated carbocycles. The van der Waals surface area contributed by atoms with Gasteiger partial charge in [-0.15, -0.1) is 0 Å². The van der Waals surface area contributed by atoms with Gasteiger partial charge < -0.3 is 0 Å². The van der Waals surface area contributed by atoms with Gasteiger partial charge in [-0.25, -0.2) is 0 Å². The highest BCUT2D eigenvalue weighted by Gasteiger charge is 2.26. The second kappa shape index (κ2) is 9.22. The summed E-state index contributed by atoms with van der Waals surface area (Å²) in [5.41, 5.74) is 7.16. The van der Waals surface area contributed by atoms with Crippen LogP contribution in [0.4, 0.5) is 0 Å². The van der Waals surface area contributed by atoms with E-state index in [-0.39, 0.29) is 0 Å². The monoisotopic (exact) mass is 408 g/mol. The maximum Gasteiger partial charge on any atom is 0.221 e. The molecule has 0 spiro atoms. The van der Waals surface area contributed by atoms with Crippen LogP contribution >= 0.6 is 0 Å². The summed E-state index contributed by atoms with van der Waals surface area (Å²) in [6.45, 7) is 3.25. The molecule has 0 N–H and O–H groups in total. The van der Waals surface area contributed by atoms with Crippen molar-refractivity contribution in [3.05, 3.63) is 78.0 Å². The first-order chi connectivity index (χ1) is 15.3. The number of pyridine rings is 1. The van der Waals surface area contributed by atoms with Gasteiger partial charge in [-0.3, -0.25) is 0 Å². The van der Waals surface area contributed by atoms with E-state index < -0.39 is 0 Å². The zero-order valence-electron chi connectivity index (χ0n) is 18.9. The summed E-state index contributed by atoms with van der Waals surface area (Å²) in [5.74, 6) is 0. The molecule has 0 saturated heterocycles. The number of benzene rings is 3. The molecular formula is C30H34N+. The summed E-state index contributed by atoms with van der Waals surface area (Å²) in [6.07, 6.45) is 14.5. The Kier molecular flexibility index (Phi) is 6.02. The van der Waals surface area contributed by atoms with Crippen LogP contribution in [-0.4, -0.2) is 0 Å². The Hall–Kier alpha value is -2.67. The van der Waals surface area contributed by atoms with Gasteiger partial charge in [0.15, 0.2) is 12.7 Å². The Balaban J connectivity index is 1.45. The summed E-state index contributed by atoms with van der Waals surface area (Å²) in [7, 11) is 0. The van der Waals surface area contributed by atoms with Crippen molar-refractivity contribution in [2.24, 2.45) is 0 Å². The molecule has 1 aliphatic heterocycles. The predicted octanol–water partition coefficient (Wildman–Crippen LogP) is 7.99. The third-order valence-electron chi connectivity index (χ3n) is 6.97. The molecule has 1 aliphatic rings. The molecule has 5 rings (SSSR count). The van der Waals surface area contributed by atoms with Crippen LogP contribution in [0, 0.1) is 0 Å². The second-order valence-corrected chi connectivity index (χ2v) is 9.27. The van der Waals surface area contributed by atoms with Crippen molar-refractivity contribution < 1.29 is 4.57 Å². The first-order valence-electron chi connectivity index (χ1n) is 12.3. The maximum absolute atomic E-state index is 2.48. The topological polar surface area (TPSA) is 3.88 Å². The molecule has 0 radical (unpaired) electrons. The van der Waals surface area contributed by atoms with Crippen molar-refractivity contribution in [3.63, 3.8) is 0 Å². The lowest BCUT2D eigenvalue weighted by molar-refractivity contribution is -0.661. The van der Waals surface area contributed by atoms with Crippen molar-refractivity contribution >= 4 is 21.7 Å². The molecule has 0 fully saturated rings. The molecule has 31 heavy (non-hydrogen) atoms. The fourth-order valence-electron chi connectivity index (χ4n) is 5.34. The van der Waals surface area contributed by atoms with Gasteiger partial charge in [0.1, 0.15) is 0 Å². The minimum atomic E-state index is 0.960. The summed E-state index contributed by atoms with van der Waals surface area (Å²) >= 11 is 0. The Morgan fingerprint density at radius 1 is 0.710 bits per heavy atom. The van der Waals surface area contributed by atoms with Gasteiger partial charge in [0.25, 0.3) is 0 Å². The van der Waals surface area contributed by atoms with E-state index in [9.17, 15) is 0 Å². The zero-order valence-corrected chi connectivity index (χ0v) is 18.9.